The first-order chi connectivity index (χ1) is 9.52. The third kappa shape index (κ3) is 4.90. The van der Waals surface area contributed by atoms with Crippen molar-refractivity contribution in [2.24, 2.45) is 0 Å². The number of nitrogens with one attached hydrogen (secondary N) is 2. The second-order valence-electron chi connectivity index (χ2n) is 4.57. The van der Waals surface area contributed by atoms with Gasteiger partial charge in [-0.3, -0.25) is 4.79 Å². The third-order valence-electron chi connectivity index (χ3n) is 2.70. The Hall–Kier alpha value is -0.880. The Kier molecular flexibility index (Phi) is 5.60. The molecule has 2 N–H and O–H groups in total. The van der Waals surface area contributed by atoms with Crippen molar-refractivity contribution in [3.63, 3.8) is 0 Å². The van der Waals surface area contributed by atoms with Crippen LogP contribution in [-0.4, -0.2) is 19.5 Å². The molecule has 0 radical (unpaired) electrons. The average Bonchev–Trinajstić information content (AvgIpc) is 2.77. The average molecular weight is 375 g/mol. The van der Waals surface area contributed by atoms with Crippen molar-refractivity contribution in [2.75, 3.05) is 18.9 Å². The molecule has 1 aromatic heterocycles. The normalized spacial score (nSPS) is 12.2. The maximum Gasteiger partial charge on any atom is 0.279 e. The van der Waals surface area contributed by atoms with E-state index in [0.717, 1.165) is 25.9 Å². The molecule has 3 nitrogen and oxygen atoms in total. The van der Waals surface area contributed by atoms with Crippen molar-refractivity contribution in [3.05, 3.63) is 50.1 Å². The summed E-state index contributed by atoms with van der Waals surface area (Å²) in [7, 11) is 1.99. The van der Waals surface area contributed by atoms with Gasteiger partial charge in [0.2, 0.25) is 0 Å². The van der Waals surface area contributed by atoms with E-state index >= 15 is 0 Å². The molecule has 2 rings (SSSR count). The van der Waals surface area contributed by atoms with Crippen LogP contribution in [0.4, 0.5) is 5.69 Å². The molecule has 1 unspecified atom stereocenters. The summed E-state index contributed by atoms with van der Waals surface area (Å²) in [5, 5.41) is 2.89. The van der Waals surface area contributed by atoms with Crippen molar-refractivity contribution in [1.82, 2.24) is 0 Å². The quantitative estimate of drug-likeness (QED) is 0.829. The van der Waals surface area contributed by atoms with E-state index in [2.05, 4.69) is 21.2 Å². The zero-order valence-electron chi connectivity index (χ0n) is 11.0. The van der Waals surface area contributed by atoms with Gasteiger partial charge in [-0.2, -0.15) is 0 Å². The van der Waals surface area contributed by atoms with E-state index in [1.165, 1.54) is 4.88 Å². The molecule has 1 amide bonds. The Bertz CT molecular complexity index is 585. The van der Waals surface area contributed by atoms with E-state index in [1.807, 2.05) is 43.4 Å². The number of hydrogen-bond acceptors (Lipinski definition) is 2. The van der Waals surface area contributed by atoms with E-state index in [9.17, 15) is 4.79 Å². The first-order valence-electron chi connectivity index (χ1n) is 6.14. The van der Waals surface area contributed by atoms with Crippen LogP contribution in [0.5, 0.6) is 0 Å². The Balaban J connectivity index is 1.83. The summed E-state index contributed by atoms with van der Waals surface area (Å²) >= 11 is 10.8. The highest BCUT2D eigenvalue weighted by Crippen LogP contribution is 2.20. The highest BCUT2D eigenvalue weighted by atomic mass is 79.9. The lowest BCUT2D eigenvalue weighted by Crippen LogP contribution is -3.08. The van der Waals surface area contributed by atoms with Crippen LogP contribution < -0.4 is 10.2 Å². The monoisotopic (exact) mass is 373 g/mol. The molecule has 0 aliphatic rings. The van der Waals surface area contributed by atoms with Crippen LogP contribution in [0.1, 0.15) is 4.88 Å². The molecule has 2 aromatic rings. The van der Waals surface area contributed by atoms with E-state index < -0.39 is 0 Å². The molecular weight excluding hydrogens is 360 g/mol. The number of amides is 1. The van der Waals surface area contributed by atoms with Gasteiger partial charge in [0.25, 0.3) is 5.91 Å². The number of thiophene rings is 1. The van der Waals surface area contributed by atoms with Gasteiger partial charge in [0.1, 0.15) is 6.54 Å². The van der Waals surface area contributed by atoms with Gasteiger partial charge < -0.3 is 10.2 Å². The summed E-state index contributed by atoms with van der Waals surface area (Å²) in [6.07, 6.45) is 0. The largest absolute Gasteiger partial charge is 0.325 e. The third-order valence-corrected chi connectivity index (χ3v) is 4.45. The molecule has 0 bridgehead atoms. The van der Waals surface area contributed by atoms with Crippen LogP contribution in [-0.2, 0) is 11.3 Å². The minimum absolute atomic E-state index is 0.00692. The Morgan fingerprint density at radius 2 is 2.00 bits per heavy atom. The predicted octanol–water partition coefficient (Wildman–Crippen LogP) is 2.82. The fraction of sp³-hybridized carbons (Fsp3) is 0.214. The van der Waals surface area contributed by atoms with Crippen LogP contribution in [0.25, 0.3) is 0 Å². The zero-order valence-corrected chi connectivity index (χ0v) is 14.1. The first kappa shape index (κ1) is 15.5. The number of hydrogen-bond donors (Lipinski definition) is 2. The summed E-state index contributed by atoms with van der Waals surface area (Å²) in [6.45, 7) is 1.22. The topological polar surface area (TPSA) is 33.5 Å². The highest BCUT2D eigenvalue weighted by Gasteiger charge is 2.12. The van der Waals surface area contributed by atoms with E-state index in [4.69, 9.17) is 11.6 Å². The zero-order chi connectivity index (χ0) is 14.5. The van der Waals surface area contributed by atoms with Crippen LogP contribution in [0.2, 0.25) is 4.34 Å². The van der Waals surface area contributed by atoms with E-state index in [-0.39, 0.29) is 5.91 Å². The van der Waals surface area contributed by atoms with E-state index in [1.54, 1.807) is 11.3 Å². The second-order valence-corrected chi connectivity index (χ2v) is 7.29. The number of halogens is 2. The number of rotatable bonds is 5. The van der Waals surface area contributed by atoms with Gasteiger partial charge in [0.15, 0.2) is 6.54 Å². The highest BCUT2D eigenvalue weighted by molar-refractivity contribution is 9.10. The fourth-order valence-corrected chi connectivity index (χ4v) is 3.29. The number of carbonyl (C=O) groups excluding carboxylic acids is 1. The fourth-order valence-electron chi connectivity index (χ4n) is 1.82. The van der Waals surface area contributed by atoms with Crippen LogP contribution in [0.15, 0.2) is 40.9 Å². The number of likely N-dealkylation sites (N-methyl/N-ethyl adjacent to an activating group) is 1. The van der Waals surface area contributed by atoms with Crippen LogP contribution in [0.3, 0.4) is 0 Å². The summed E-state index contributed by atoms with van der Waals surface area (Å²) in [6, 6.07) is 11.4. The Labute approximate surface area is 135 Å². The second kappa shape index (κ2) is 7.22. The van der Waals surface area contributed by atoms with E-state index in [0.29, 0.717) is 6.54 Å². The molecule has 1 atom stereocenters. The minimum Gasteiger partial charge on any atom is -0.325 e. The molecule has 20 heavy (non-hydrogen) atoms. The lowest BCUT2D eigenvalue weighted by atomic mass is 10.3. The standard InChI is InChI=1S/C14H14BrClN2OS/c1-18(8-12-6-7-13(16)20-12)9-14(19)17-11-4-2-10(15)3-5-11/h2-7H,8-9H2,1H3,(H,17,19)/p+1. The molecule has 1 aromatic carbocycles. The van der Waals surface area contributed by atoms with Crippen LogP contribution in [0, 0.1) is 0 Å². The molecule has 0 aliphatic carbocycles. The number of carbonyl (C=O) groups is 1. The summed E-state index contributed by atoms with van der Waals surface area (Å²) in [4.78, 5) is 14.2. The molecule has 0 saturated heterocycles. The van der Waals surface area contributed by atoms with Crippen molar-refractivity contribution in [2.45, 2.75) is 6.54 Å². The van der Waals surface area contributed by atoms with Gasteiger partial charge >= 0.3 is 0 Å². The molecule has 0 aliphatic heterocycles. The number of quaternary nitrogens is 1. The molecular formula is C14H15BrClN2OS+. The van der Waals surface area contributed by atoms with Gasteiger partial charge in [0.05, 0.1) is 16.3 Å². The summed E-state index contributed by atoms with van der Waals surface area (Å²) < 4.78 is 1.78. The number of anilines is 1. The molecule has 0 saturated carbocycles. The predicted molar refractivity (Wildman–Crippen MR) is 87.6 cm³/mol. The van der Waals surface area contributed by atoms with Gasteiger partial charge in [-0.25, -0.2) is 0 Å². The SMILES string of the molecule is C[NH+](CC(=O)Nc1ccc(Br)cc1)Cc1ccc(Cl)s1. The van der Waals surface area contributed by atoms with Gasteiger partial charge in [-0.05, 0) is 36.4 Å². The molecule has 1 heterocycles. The van der Waals surface area contributed by atoms with Crippen molar-refractivity contribution in [3.8, 4) is 0 Å². The number of benzene rings is 1. The molecule has 6 heteroatoms. The van der Waals surface area contributed by atoms with Crippen molar-refractivity contribution in [1.29, 1.82) is 0 Å². The van der Waals surface area contributed by atoms with Gasteiger partial charge in [0, 0.05) is 10.2 Å². The Morgan fingerprint density at radius 3 is 2.60 bits per heavy atom. The first-order valence-corrected chi connectivity index (χ1v) is 8.12. The van der Waals surface area contributed by atoms with Gasteiger partial charge in [-0.15, -0.1) is 11.3 Å². The maximum absolute atomic E-state index is 11.9. The molecule has 0 fully saturated rings. The lowest BCUT2D eigenvalue weighted by molar-refractivity contribution is -0.884. The lowest BCUT2D eigenvalue weighted by Gasteiger charge is -2.12. The van der Waals surface area contributed by atoms with Gasteiger partial charge in [-0.1, -0.05) is 27.5 Å². The summed E-state index contributed by atoms with van der Waals surface area (Å²) in [5.41, 5.74) is 0.810. The van der Waals surface area contributed by atoms with Crippen LogP contribution >= 0.6 is 38.9 Å². The molecule has 0 spiro atoms. The molecule has 106 valence electrons. The smallest absolute Gasteiger partial charge is 0.279 e. The van der Waals surface area contributed by atoms with Crippen molar-refractivity contribution >= 4 is 50.5 Å². The maximum atomic E-state index is 11.9. The Morgan fingerprint density at radius 1 is 1.30 bits per heavy atom. The van der Waals surface area contributed by atoms with Crippen molar-refractivity contribution < 1.29 is 9.69 Å². The minimum atomic E-state index is 0.00692. The summed E-state index contributed by atoms with van der Waals surface area (Å²) in [5.74, 6) is 0.00692.